The third kappa shape index (κ3) is 2.43. The fourth-order valence-electron chi connectivity index (χ4n) is 1.90. The number of anilines is 1. The lowest BCUT2D eigenvalue weighted by Gasteiger charge is -2.14. The molecule has 1 N–H and O–H groups in total. The van der Waals surface area contributed by atoms with E-state index >= 15 is 0 Å². The minimum absolute atomic E-state index is 0.646. The number of rotatable bonds is 2. The van der Waals surface area contributed by atoms with Crippen molar-refractivity contribution in [2.45, 2.75) is 31.7 Å². The summed E-state index contributed by atoms with van der Waals surface area (Å²) in [5.41, 5.74) is 1.15. The van der Waals surface area contributed by atoms with Crippen LogP contribution in [0, 0.1) is 0 Å². The summed E-state index contributed by atoms with van der Waals surface area (Å²) in [4.78, 5) is 0. The van der Waals surface area contributed by atoms with Crippen LogP contribution in [0.5, 0.6) is 0 Å². The molecule has 1 saturated carbocycles. The van der Waals surface area contributed by atoms with Crippen molar-refractivity contribution in [3.05, 3.63) is 27.7 Å². The van der Waals surface area contributed by atoms with Gasteiger partial charge in [0.2, 0.25) is 0 Å². The normalized spacial score (nSPS) is 17.3. The molecule has 1 fully saturated rings. The average molecular weight is 275 g/mol. The largest absolute Gasteiger partial charge is 0.381 e. The summed E-state index contributed by atoms with van der Waals surface area (Å²) in [5, 5.41) is 4.30. The lowest BCUT2D eigenvalue weighted by molar-refractivity contribution is 0.755. The Labute approximate surface area is 98.0 Å². The minimum Gasteiger partial charge on any atom is -0.381 e. The molecule has 76 valence electrons. The van der Waals surface area contributed by atoms with Crippen LogP contribution in [0.15, 0.2) is 22.7 Å². The monoisotopic (exact) mass is 273 g/mol. The second-order valence-corrected chi connectivity index (χ2v) is 5.04. The average Bonchev–Trinajstić information content (AvgIpc) is 2.62. The highest BCUT2D eigenvalue weighted by Crippen LogP contribution is 2.29. The van der Waals surface area contributed by atoms with Crippen LogP contribution in [-0.4, -0.2) is 6.04 Å². The van der Waals surface area contributed by atoms with Crippen molar-refractivity contribution in [3.63, 3.8) is 0 Å². The number of hydrogen-bond acceptors (Lipinski definition) is 1. The van der Waals surface area contributed by atoms with E-state index in [1.807, 2.05) is 18.2 Å². The van der Waals surface area contributed by atoms with E-state index in [1.165, 1.54) is 25.7 Å². The molecular formula is C11H13BrClN. The summed E-state index contributed by atoms with van der Waals surface area (Å²) in [5.74, 6) is 0. The van der Waals surface area contributed by atoms with Gasteiger partial charge in [-0.05, 0) is 47.0 Å². The molecule has 0 atom stereocenters. The predicted molar refractivity (Wildman–Crippen MR) is 65.0 cm³/mol. The molecule has 0 saturated heterocycles. The second-order valence-electron chi connectivity index (χ2n) is 3.75. The third-order valence-electron chi connectivity index (χ3n) is 2.65. The van der Waals surface area contributed by atoms with Gasteiger partial charge in [-0.1, -0.05) is 24.4 Å². The van der Waals surface area contributed by atoms with E-state index in [0.29, 0.717) is 6.04 Å². The molecule has 0 amide bonds. The lowest BCUT2D eigenvalue weighted by atomic mass is 10.2. The predicted octanol–water partition coefficient (Wildman–Crippen LogP) is 4.46. The van der Waals surface area contributed by atoms with E-state index < -0.39 is 0 Å². The molecule has 1 nitrogen and oxygen atoms in total. The Balaban J connectivity index is 2.08. The standard InChI is InChI=1S/C11H13BrClN/c12-10-7-8(13)5-6-11(10)14-9-3-1-2-4-9/h5-7,9,14H,1-4H2. The minimum atomic E-state index is 0.646. The molecule has 1 aromatic rings. The maximum Gasteiger partial charge on any atom is 0.0487 e. The molecule has 0 heterocycles. The highest BCUT2D eigenvalue weighted by Gasteiger charge is 2.15. The molecule has 0 radical (unpaired) electrons. The van der Waals surface area contributed by atoms with Gasteiger partial charge in [0.15, 0.2) is 0 Å². The number of halogens is 2. The van der Waals surface area contributed by atoms with E-state index in [-0.39, 0.29) is 0 Å². The lowest BCUT2D eigenvalue weighted by Crippen LogP contribution is -2.14. The van der Waals surface area contributed by atoms with Crippen molar-refractivity contribution in [3.8, 4) is 0 Å². The fourth-order valence-corrected chi connectivity index (χ4v) is 2.69. The molecule has 1 aromatic carbocycles. The smallest absolute Gasteiger partial charge is 0.0487 e. The molecule has 3 heteroatoms. The SMILES string of the molecule is Clc1ccc(NC2CCCC2)c(Br)c1. The second kappa shape index (κ2) is 4.54. The van der Waals surface area contributed by atoms with Gasteiger partial charge in [-0.2, -0.15) is 0 Å². The van der Waals surface area contributed by atoms with E-state index in [1.54, 1.807) is 0 Å². The summed E-state index contributed by atoms with van der Waals surface area (Å²) in [6.07, 6.45) is 5.27. The van der Waals surface area contributed by atoms with Crippen molar-refractivity contribution >= 4 is 33.2 Å². The molecule has 0 bridgehead atoms. The van der Waals surface area contributed by atoms with Gasteiger partial charge < -0.3 is 5.32 Å². The van der Waals surface area contributed by atoms with Crippen LogP contribution in [0.1, 0.15) is 25.7 Å². The first kappa shape index (κ1) is 10.3. The van der Waals surface area contributed by atoms with Gasteiger partial charge >= 0.3 is 0 Å². The Bertz CT molecular complexity index is 321. The van der Waals surface area contributed by atoms with Gasteiger partial charge in [-0.15, -0.1) is 0 Å². The summed E-state index contributed by atoms with van der Waals surface area (Å²) in [6, 6.07) is 6.53. The third-order valence-corrected chi connectivity index (χ3v) is 3.54. The summed E-state index contributed by atoms with van der Waals surface area (Å²) >= 11 is 9.38. The maximum atomic E-state index is 5.88. The van der Waals surface area contributed by atoms with Crippen LogP contribution in [0.3, 0.4) is 0 Å². The highest BCUT2D eigenvalue weighted by molar-refractivity contribution is 9.10. The van der Waals surface area contributed by atoms with Crippen LogP contribution in [0.4, 0.5) is 5.69 Å². The molecule has 1 aliphatic carbocycles. The summed E-state index contributed by atoms with van der Waals surface area (Å²) in [6.45, 7) is 0. The van der Waals surface area contributed by atoms with Crippen molar-refractivity contribution in [2.24, 2.45) is 0 Å². The molecule has 1 aliphatic rings. The highest BCUT2D eigenvalue weighted by atomic mass is 79.9. The molecule has 0 aliphatic heterocycles. The topological polar surface area (TPSA) is 12.0 Å². The van der Waals surface area contributed by atoms with Crippen LogP contribution in [0.25, 0.3) is 0 Å². The van der Waals surface area contributed by atoms with Crippen LogP contribution in [0.2, 0.25) is 5.02 Å². The molecule has 2 rings (SSSR count). The number of hydrogen-bond donors (Lipinski definition) is 1. The van der Waals surface area contributed by atoms with Gasteiger partial charge in [0.1, 0.15) is 0 Å². The Morgan fingerprint density at radius 1 is 1.29 bits per heavy atom. The van der Waals surface area contributed by atoms with E-state index in [4.69, 9.17) is 11.6 Å². The molecule has 14 heavy (non-hydrogen) atoms. The molecule has 0 spiro atoms. The van der Waals surface area contributed by atoms with Gasteiger partial charge in [0, 0.05) is 21.2 Å². The number of nitrogens with one attached hydrogen (secondary N) is 1. The van der Waals surface area contributed by atoms with Gasteiger partial charge in [0.05, 0.1) is 0 Å². The molecule has 0 unspecified atom stereocenters. The van der Waals surface area contributed by atoms with Crippen LogP contribution >= 0.6 is 27.5 Å². The Morgan fingerprint density at radius 2 is 2.00 bits per heavy atom. The maximum absolute atomic E-state index is 5.88. The first-order valence-electron chi connectivity index (χ1n) is 4.97. The zero-order chi connectivity index (χ0) is 9.97. The Morgan fingerprint density at radius 3 is 2.64 bits per heavy atom. The van der Waals surface area contributed by atoms with Crippen molar-refractivity contribution in [1.29, 1.82) is 0 Å². The molecule has 0 aromatic heterocycles. The quantitative estimate of drug-likeness (QED) is 0.840. The zero-order valence-corrected chi connectivity index (χ0v) is 10.2. The van der Waals surface area contributed by atoms with Crippen LogP contribution < -0.4 is 5.32 Å². The van der Waals surface area contributed by atoms with Gasteiger partial charge in [-0.25, -0.2) is 0 Å². The van der Waals surface area contributed by atoms with Crippen molar-refractivity contribution in [2.75, 3.05) is 5.32 Å². The zero-order valence-electron chi connectivity index (χ0n) is 7.89. The number of benzene rings is 1. The Hall–Kier alpha value is -0.210. The first-order chi connectivity index (χ1) is 6.75. The first-order valence-corrected chi connectivity index (χ1v) is 6.14. The summed E-state index contributed by atoms with van der Waals surface area (Å²) in [7, 11) is 0. The summed E-state index contributed by atoms with van der Waals surface area (Å²) < 4.78 is 1.05. The van der Waals surface area contributed by atoms with Crippen molar-refractivity contribution in [1.82, 2.24) is 0 Å². The van der Waals surface area contributed by atoms with E-state index in [2.05, 4.69) is 21.2 Å². The van der Waals surface area contributed by atoms with Gasteiger partial charge in [0.25, 0.3) is 0 Å². The van der Waals surface area contributed by atoms with E-state index in [0.717, 1.165) is 15.2 Å². The fraction of sp³-hybridized carbons (Fsp3) is 0.455. The van der Waals surface area contributed by atoms with Crippen molar-refractivity contribution < 1.29 is 0 Å². The van der Waals surface area contributed by atoms with Gasteiger partial charge in [-0.3, -0.25) is 0 Å². The molecular weight excluding hydrogens is 261 g/mol. The van der Waals surface area contributed by atoms with Crippen LogP contribution in [-0.2, 0) is 0 Å². The Kier molecular flexibility index (Phi) is 3.34. The van der Waals surface area contributed by atoms with E-state index in [9.17, 15) is 0 Å².